The van der Waals surface area contributed by atoms with Crippen LogP contribution in [0.3, 0.4) is 0 Å². The number of halogens is 1. The molecule has 1 unspecified atom stereocenters. The zero-order chi connectivity index (χ0) is 22.9. The van der Waals surface area contributed by atoms with Crippen molar-refractivity contribution >= 4 is 39.8 Å². The fraction of sp³-hybridized carbons (Fsp3) is 0.0800. The third-order valence-corrected chi connectivity index (χ3v) is 5.07. The fourth-order valence-electron chi connectivity index (χ4n) is 2.99. The third kappa shape index (κ3) is 6.65. The molecule has 1 atom stereocenters. The molecule has 3 N–H and O–H groups in total. The summed E-state index contributed by atoms with van der Waals surface area (Å²) in [5, 5.41) is 14.8. The summed E-state index contributed by atoms with van der Waals surface area (Å²) in [6.45, 7) is 0. The largest absolute Gasteiger partial charge is 0.480 e. The first kappa shape index (κ1) is 23.0. The molecule has 3 aromatic rings. The molecule has 6 nitrogen and oxygen atoms in total. The Morgan fingerprint density at radius 1 is 0.906 bits per heavy atom. The van der Waals surface area contributed by atoms with E-state index in [0.29, 0.717) is 11.1 Å². The van der Waals surface area contributed by atoms with Crippen LogP contribution in [0, 0.1) is 0 Å². The molecule has 3 aromatic carbocycles. The molecule has 7 heteroatoms. The highest BCUT2D eigenvalue weighted by Crippen LogP contribution is 2.15. The molecule has 0 bridgehead atoms. The van der Waals surface area contributed by atoms with E-state index in [2.05, 4.69) is 26.6 Å². The van der Waals surface area contributed by atoms with Gasteiger partial charge >= 0.3 is 5.97 Å². The number of hydrogen-bond donors (Lipinski definition) is 3. The molecular formula is C25H21BrN2O4. The maximum Gasteiger partial charge on any atom is 0.326 e. The quantitative estimate of drug-likeness (QED) is 0.413. The first-order chi connectivity index (χ1) is 15.4. The van der Waals surface area contributed by atoms with Crippen molar-refractivity contribution in [2.24, 2.45) is 0 Å². The molecule has 0 aliphatic carbocycles. The molecule has 0 saturated heterocycles. The normalized spacial score (nSPS) is 12.0. The first-order valence-corrected chi connectivity index (χ1v) is 10.6. The summed E-state index contributed by atoms with van der Waals surface area (Å²) in [7, 11) is 0. The lowest BCUT2D eigenvalue weighted by Crippen LogP contribution is -2.45. The highest BCUT2D eigenvalue weighted by Gasteiger charge is 2.23. The Bertz CT molecular complexity index is 1130. The average molecular weight is 493 g/mol. The summed E-state index contributed by atoms with van der Waals surface area (Å²) in [4.78, 5) is 37.5. The van der Waals surface area contributed by atoms with Crippen LogP contribution in [-0.4, -0.2) is 28.9 Å². The topological polar surface area (TPSA) is 95.5 Å². The van der Waals surface area contributed by atoms with E-state index in [1.165, 1.54) is 6.08 Å². The van der Waals surface area contributed by atoms with Gasteiger partial charge in [0.2, 0.25) is 0 Å². The molecule has 0 heterocycles. The number of nitrogens with one attached hydrogen (secondary N) is 2. The van der Waals surface area contributed by atoms with Crippen molar-refractivity contribution in [2.45, 2.75) is 12.5 Å². The minimum atomic E-state index is -1.17. The molecule has 0 fully saturated rings. The number of benzene rings is 3. The van der Waals surface area contributed by atoms with Gasteiger partial charge < -0.3 is 15.7 Å². The van der Waals surface area contributed by atoms with Gasteiger partial charge in [0.05, 0.1) is 0 Å². The van der Waals surface area contributed by atoms with Gasteiger partial charge in [-0.2, -0.15) is 0 Å². The standard InChI is InChI=1S/C25H21BrN2O4/c26-20-13-7-10-18(14-20)16-21(27-23(29)19-11-5-2-6-12-19)24(30)28-22(25(31)32)15-17-8-3-1-4-9-17/h1-14,16,22H,15H2,(H,27,29)(H,28,30)(H,31,32)/b21-16+. The summed E-state index contributed by atoms with van der Waals surface area (Å²) in [5.74, 6) is -2.34. The van der Waals surface area contributed by atoms with Gasteiger partial charge in [0.15, 0.2) is 0 Å². The number of carbonyl (C=O) groups excluding carboxylic acids is 2. The van der Waals surface area contributed by atoms with Gasteiger partial charge in [0.1, 0.15) is 11.7 Å². The molecule has 0 saturated carbocycles. The van der Waals surface area contributed by atoms with Crippen LogP contribution in [0.2, 0.25) is 0 Å². The van der Waals surface area contributed by atoms with E-state index in [0.717, 1.165) is 10.0 Å². The van der Waals surface area contributed by atoms with Crippen LogP contribution in [0.5, 0.6) is 0 Å². The monoisotopic (exact) mass is 492 g/mol. The average Bonchev–Trinajstić information content (AvgIpc) is 2.79. The van der Waals surface area contributed by atoms with Crippen LogP contribution < -0.4 is 10.6 Å². The van der Waals surface area contributed by atoms with Crippen molar-refractivity contribution in [3.63, 3.8) is 0 Å². The van der Waals surface area contributed by atoms with Gasteiger partial charge in [0, 0.05) is 16.5 Å². The van der Waals surface area contributed by atoms with Gasteiger partial charge in [-0.05, 0) is 41.5 Å². The lowest BCUT2D eigenvalue weighted by atomic mass is 10.1. The van der Waals surface area contributed by atoms with Crippen molar-refractivity contribution in [3.05, 3.63) is 112 Å². The molecule has 32 heavy (non-hydrogen) atoms. The highest BCUT2D eigenvalue weighted by molar-refractivity contribution is 9.10. The van der Waals surface area contributed by atoms with Crippen molar-refractivity contribution in [3.8, 4) is 0 Å². The Morgan fingerprint density at radius 3 is 2.19 bits per heavy atom. The minimum Gasteiger partial charge on any atom is -0.480 e. The lowest BCUT2D eigenvalue weighted by Gasteiger charge is -2.17. The Labute approximate surface area is 194 Å². The predicted molar refractivity (Wildman–Crippen MR) is 126 cm³/mol. The number of aliphatic carboxylic acids is 1. The van der Waals surface area contributed by atoms with Crippen molar-refractivity contribution < 1.29 is 19.5 Å². The van der Waals surface area contributed by atoms with E-state index < -0.39 is 23.8 Å². The molecule has 162 valence electrons. The SMILES string of the molecule is O=C(NC(Cc1ccccc1)C(=O)O)/C(=C\c1cccc(Br)c1)NC(=O)c1ccccc1. The van der Waals surface area contributed by atoms with Crippen molar-refractivity contribution in [1.29, 1.82) is 0 Å². The Morgan fingerprint density at radius 2 is 1.56 bits per heavy atom. The number of carbonyl (C=O) groups is 3. The van der Waals surface area contributed by atoms with E-state index in [9.17, 15) is 19.5 Å². The summed E-state index contributed by atoms with van der Waals surface area (Å²) in [6.07, 6.45) is 1.61. The van der Waals surface area contributed by atoms with Crippen LogP contribution in [0.4, 0.5) is 0 Å². The molecule has 0 aliphatic rings. The molecule has 0 aromatic heterocycles. The molecule has 0 aliphatic heterocycles. The Hall–Kier alpha value is -3.71. The minimum absolute atomic E-state index is 0.0590. The van der Waals surface area contributed by atoms with Gasteiger partial charge in [0.25, 0.3) is 11.8 Å². The lowest BCUT2D eigenvalue weighted by molar-refractivity contribution is -0.141. The number of rotatable bonds is 8. The first-order valence-electron chi connectivity index (χ1n) is 9.83. The molecule has 3 rings (SSSR count). The predicted octanol–water partition coefficient (Wildman–Crippen LogP) is 4.03. The summed E-state index contributed by atoms with van der Waals surface area (Å²) >= 11 is 3.38. The Kier molecular flexibility index (Phi) is 7.94. The number of hydrogen-bond acceptors (Lipinski definition) is 3. The zero-order valence-corrected chi connectivity index (χ0v) is 18.6. The second-order valence-electron chi connectivity index (χ2n) is 6.99. The van der Waals surface area contributed by atoms with Gasteiger partial charge in [-0.15, -0.1) is 0 Å². The van der Waals surface area contributed by atoms with E-state index in [1.54, 1.807) is 72.8 Å². The second-order valence-corrected chi connectivity index (χ2v) is 7.90. The molecule has 0 radical (unpaired) electrons. The van der Waals surface area contributed by atoms with Gasteiger partial charge in [-0.3, -0.25) is 9.59 Å². The van der Waals surface area contributed by atoms with Crippen LogP contribution in [-0.2, 0) is 16.0 Å². The van der Waals surface area contributed by atoms with Gasteiger partial charge in [-0.1, -0.05) is 76.6 Å². The van der Waals surface area contributed by atoms with Gasteiger partial charge in [-0.25, -0.2) is 4.79 Å². The number of carboxylic acid groups (broad SMARTS) is 1. The van der Waals surface area contributed by atoms with Crippen LogP contribution >= 0.6 is 15.9 Å². The highest BCUT2D eigenvalue weighted by atomic mass is 79.9. The molecule has 2 amide bonds. The second kappa shape index (κ2) is 11.1. The van der Waals surface area contributed by atoms with Crippen molar-refractivity contribution in [2.75, 3.05) is 0 Å². The Balaban J connectivity index is 1.86. The fourth-order valence-corrected chi connectivity index (χ4v) is 3.41. The van der Waals surface area contributed by atoms with E-state index in [-0.39, 0.29) is 12.1 Å². The van der Waals surface area contributed by atoms with E-state index in [1.807, 2.05) is 12.1 Å². The number of carboxylic acids is 1. The maximum atomic E-state index is 13.0. The summed E-state index contributed by atoms with van der Waals surface area (Å²) in [5.41, 5.74) is 1.75. The van der Waals surface area contributed by atoms with Crippen LogP contribution in [0.1, 0.15) is 21.5 Å². The zero-order valence-electron chi connectivity index (χ0n) is 17.0. The summed E-state index contributed by atoms with van der Waals surface area (Å²) in [6, 6.07) is 23.5. The molecule has 0 spiro atoms. The van der Waals surface area contributed by atoms with Crippen LogP contribution in [0.25, 0.3) is 6.08 Å². The smallest absolute Gasteiger partial charge is 0.326 e. The van der Waals surface area contributed by atoms with Crippen LogP contribution in [0.15, 0.2) is 95.1 Å². The number of amides is 2. The van der Waals surface area contributed by atoms with E-state index >= 15 is 0 Å². The summed E-state index contributed by atoms with van der Waals surface area (Å²) < 4.78 is 0.799. The molecular weight excluding hydrogens is 472 g/mol. The maximum absolute atomic E-state index is 13.0. The third-order valence-electron chi connectivity index (χ3n) is 4.57. The van der Waals surface area contributed by atoms with E-state index in [4.69, 9.17) is 0 Å². The van der Waals surface area contributed by atoms with Crippen molar-refractivity contribution in [1.82, 2.24) is 10.6 Å².